The highest BCUT2D eigenvalue weighted by Crippen LogP contribution is 2.27. The van der Waals surface area contributed by atoms with Crippen LogP contribution in [0.25, 0.3) is 0 Å². The van der Waals surface area contributed by atoms with Crippen LogP contribution in [0.4, 0.5) is 5.69 Å². The van der Waals surface area contributed by atoms with Crippen LogP contribution >= 0.6 is 0 Å². The molecule has 3 amide bonds. The minimum absolute atomic E-state index is 0.101. The van der Waals surface area contributed by atoms with Crippen LogP contribution in [0.3, 0.4) is 0 Å². The molecule has 2 saturated heterocycles. The third-order valence-corrected chi connectivity index (χ3v) is 5.28. The van der Waals surface area contributed by atoms with Gasteiger partial charge in [-0.15, -0.1) is 0 Å². The summed E-state index contributed by atoms with van der Waals surface area (Å²) in [7, 11) is 0. The fourth-order valence-corrected chi connectivity index (χ4v) is 3.79. The molecule has 2 heterocycles. The molecule has 0 aromatic heterocycles. The van der Waals surface area contributed by atoms with E-state index >= 15 is 0 Å². The molecular weight excluding hydrogens is 306 g/mol. The molecule has 2 fully saturated rings. The first-order chi connectivity index (χ1) is 11.4. The van der Waals surface area contributed by atoms with E-state index in [1.165, 1.54) is 4.90 Å². The number of aryl methyl sites for hydroxylation is 2. The van der Waals surface area contributed by atoms with Crippen LogP contribution in [-0.2, 0) is 14.4 Å². The quantitative estimate of drug-likeness (QED) is 0.747. The number of nitrogens with two attached hydrogens (primary N) is 1. The highest BCUT2D eigenvalue weighted by Gasteiger charge is 2.47. The van der Waals surface area contributed by atoms with Gasteiger partial charge >= 0.3 is 0 Å². The lowest BCUT2D eigenvalue weighted by atomic mass is 9.95. The monoisotopic (exact) mass is 330 g/mol. The van der Waals surface area contributed by atoms with Crippen molar-refractivity contribution >= 4 is 23.4 Å². The van der Waals surface area contributed by atoms with Crippen LogP contribution in [0, 0.1) is 19.8 Å². The van der Waals surface area contributed by atoms with Gasteiger partial charge in [0.1, 0.15) is 0 Å². The molecule has 0 spiro atoms. The third kappa shape index (κ3) is 2.94. The maximum Gasteiger partial charge on any atom is 0.292 e. The summed E-state index contributed by atoms with van der Waals surface area (Å²) in [6.07, 6.45) is 1.61. The summed E-state index contributed by atoms with van der Waals surface area (Å²) in [6.45, 7) is 5.27. The van der Waals surface area contributed by atoms with E-state index in [0.717, 1.165) is 16.0 Å². The van der Waals surface area contributed by atoms with Crippen molar-refractivity contribution in [2.75, 3.05) is 18.0 Å². The number of likely N-dealkylation sites (tertiary alicyclic amines) is 1. The number of amides is 3. The molecule has 2 aliphatic rings. The molecule has 128 valence electrons. The Labute approximate surface area is 141 Å². The van der Waals surface area contributed by atoms with Gasteiger partial charge in [-0.1, -0.05) is 12.1 Å². The molecule has 0 aliphatic carbocycles. The van der Waals surface area contributed by atoms with Gasteiger partial charge in [0.05, 0.1) is 25.2 Å². The summed E-state index contributed by atoms with van der Waals surface area (Å²) < 4.78 is 0. The van der Waals surface area contributed by atoms with E-state index < -0.39 is 0 Å². The molecule has 24 heavy (non-hydrogen) atoms. The van der Waals surface area contributed by atoms with E-state index in [1.54, 1.807) is 0 Å². The number of imide groups is 1. The second-order valence-electron chi connectivity index (χ2n) is 6.95. The number of carbonyl (C=O) groups is 3. The number of carbonyl (C=O) groups excluding carboxylic acids is 3. The lowest BCUT2D eigenvalue weighted by Crippen LogP contribution is -3.17. The lowest BCUT2D eigenvalue weighted by Gasteiger charge is -2.30. The number of quaternary nitrogens is 1. The summed E-state index contributed by atoms with van der Waals surface area (Å²) in [4.78, 5) is 39.1. The summed E-state index contributed by atoms with van der Waals surface area (Å²) in [5, 5.41) is 0. The highest BCUT2D eigenvalue weighted by molar-refractivity contribution is 6.22. The molecule has 0 bridgehead atoms. The summed E-state index contributed by atoms with van der Waals surface area (Å²) in [6, 6.07) is 5.46. The minimum atomic E-state index is -0.341. The van der Waals surface area contributed by atoms with Crippen molar-refractivity contribution < 1.29 is 19.3 Å². The molecule has 3 rings (SSSR count). The number of benzene rings is 1. The molecule has 2 aliphatic heterocycles. The minimum Gasteiger partial charge on any atom is -0.369 e. The predicted molar refractivity (Wildman–Crippen MR) is 89.4 cm³/mol. The van der Waals surface area contributed by atoms with Gasteiger partial charge in [-0.3, -0.25) is 14.4 Å². The zero-order chi connectivity index (χ0) is 17.4. The standard InChI is InChI=1S/C18H23N3O3/c1-11-3-4-12(2)14(9-11)21-16(22)10-15(18(21)24)20-7-5-13(6-8-20)17(19)23/h3-4,9,13,15H,5-8,10H2,1-2H3,(H2,19,23)/p+1/t15-/m0/s1. The maximum absolute atomic E-state index is 12.9. The van der Waals surface area contributed by atoms with Gasteiger partial charge in [0, 0.05) is 18.8 Å². The first kappa shape index (κ1) is 16.6. The molecule has 1 aromatic rings. The maximum atomic E-state index is 12.9. The Bertz CT molecular complexity index is 693. The van der Waals surface area contributed by atoms with Gasteiger partial charge in [0.25, 0.3) is 5.91 Å². The lowest BCUT2D eigenvalue weighted by molar-refractivity contribution is -0.920. The SMILES string of the molecule is Cc1ccc(C)c(N2C(=O)C[C@H]([NH+]3CCC(C(N)=O)CC3)C2=O)c1. The first-order valence-corrected chi connectivity index (χ1v) is 8.46. The number of anilines is 1. The van der Waals surface area contributed by atoms with Gasteiger partial charge in [0.15, 0.2) is 6.04 Å². The van der Waals surface area contributed by atoms with Gasteiger partial charge < -0.3 is 10.6 Å². The first-order valence-electron chi connectivity index (χ1n) is 8.46. The van der Waals surface area contributed by atoms with Crippen LogP contribution in [0.5, 0.6) is 0 Å². The number of piperidine rings is 1. The van der Waals surface area contributed by atoms with E-state index in [9.17, 15) is 14.4 Å². The van der Waals surface area contributed by atoms with Crippen molar-refractivity contribution in [3.8, 4) is 0 Å². The normalized spacial score (nSPS) is 27.6. The fourth-order valence-electron chi connectivity index (χ4n) is 3.79. The molecule has 1 aromatic carbocycles. The number of primary amides is 1. The Hall–Kier alpha value is -2.21. The van der Waals surface area contributed by atoms with Crippen molar-refractivity contribution in [2.45, 2.75) is 39.2 Å². The van der Waals surface area contributed by atoms with E-state index in [0.29, 0.717) is 31.6 Å². The van der Waals surface area contributed by atoms with E-state index in [1.807, 2.05) is 32.0 Å². The summed E-state index contributed by atoms with van der Waals surface area (Å²) in [5.74, 6) is -0.625. The summed E-state index contributed by atoms with van der Waals surface area (Å²) in [5.41, 5.74) is 8.00. The number of hydrogen-bond acceptors (Lipinski definition) is 3. The van der Waals surface area contributed by atoms with Gasteiger partial charge in [-0.05, 0) is 31.0 Å². The van der Waals surface area contributed by atoms with E-state index in [-0.39, 0.29) is 36.1 Å². The molecule has 3 N–H and O–H groups in total. The van der Waals surface area contributed by atoms with E-state index in [2.05, 4.69) is 0 Å². The highest BCUT2D eigenvalue weighted by atomic mass is 16.2. The van der Waals surface area contributed by atoms with Crippen LogP contribution in [0.15, 0.2) is 18.2 Å². The molecular formula is C18H24N3O3+. The second-order valence-corrected chi connectivity index (χ2v) is 6.95. The Morgan fingerprint density at radius 2 is 1.88 bits per heavy atom. The largest absolute Gasteiger partial charge is 0.369 e. The molecule has 6 nitrogen and oxygen atoms in total. The third-order valence-electron chi connectivity index (χ3n) is 5.28. The molecule has 0 saturated carbocycles. The Morgan fingerprint density at radius 1 is 1.21 bits per heavy atom. The second kappa shape index (κ2) is 6.36. The van der Waals surface area contributed by atoms with Crippen LogP contribution in [0.2, 0.25) is 0 Å². The summed E-state index contributed by atoms with van der Waals surface area (Å²) >= 11 is 0. The zero-order valence-corrected chi connectivity index (χ0v) is 14.2. The van der Waals surface area contributed by atoms with Crippen LogP contribution in [0.1, 0.15) is 30.4 Å². The smallest absolute Gasteiger partial charge is 0.292 e. The van der Waals surface area contributed by atoms with Crippen molar-refractivity contribution in [3.63, 3.8) is 0 Å². The average Bonchev–Trinajstić information content (AvgIpc) is 2.84. The van der Waals surface area contributed by atoms with Crippen molar-refractivity contribution in [2.24, 2.45) is 11.7 Å². The number of nitrogens with zero attached hydrogens (tertiary/aromatic N) is 1. The molecule has 6 heteroatoms. The predicted octanol–water partition coefficient (Wildman–Crippen LogP) is -0.284. The van der Waals surface area contributed by atoms with Crippen LogP contribution in [-0.4, -0.2) is 36.9 Å². The van der Waals surface area contributed by atoms with Crippen LogP contribution < -0.4 is 15.5 Å². The topological polar surface area (TPSA) is 84.9 Å². The number of rotatable bonds is 3. The Morgan fingerprint density at radius 3 is 2.50 bits per heavy atom. The number of hydrogen-bond donors (Lipinski definition) is 2. The average molecular weight is 330 g/mol. The molecule has 1 atom stereocenters. The van der Waals surface area contributed by atoms with Crippen molar-refractivity contribution in [3.05, 3.63) is 29.3 Å². The Kier molecular flexibility index (Phi) is 4.41. The molecule has 0 unspecified atom stereocenters. The van der Waals surface area contributed by atoms with Gasteiger partial charge in [-0.25, -0.2) is 4.90 Å². The van der Waals surface area contributed by atoms with Gasteiger partial charge in [-0.2, -0.15) is 0 Å². The van der Waals surface area contributed by atoms with Crippen molar-refractivity contribution in [1.82, 2.24) is 0 Å². The Balaban J connectivity index is 1.78. The fraction of sp³-hybridized carbons (Fsp3) is 0.500. The zero-order valence-electron chi connectivity index (χ0n) is 14.2. The van der Waals surface area contributed by atoms with Crippen molar-refractivity contribution in [1.29, 1.82) is 0 Å². The van der Waals surface area contributed by atoms with Gasteiger partial charge in [0.2, 0.25) is 11.8 Å². The van der Waals surface area contributed by atoms with E-state index in [4.69, 9.17) is 5.73 Å². The number of nitrogens with one attached hydrogen (secondary N) is 1. The molecule has 0 radical (unpaired) electrons.